The summed E-state index contributed by atoms with van der Waals surface area (Å²) >= 11 is 0. The highest BCUT2D eigenvalue weighted by atomic mass is 16.5. The molecular formula is C10H18N6O2. The molecule has 0 saturated heterocycles. The lowest BCUT2D eigenvalue weighted by molar-refractivity contribution is -0.123. The fraction of sp³-hybridized carbons (Fsp3) is 0.600. The van der Waals surface area contributed by atoms with E-state index in [4.69, 9.17) is 10.5 Å². The minimum absolute atomic E-state index is 0.0455. The number of carbonyl (C=O) groups is 1. The highest BCUT2D eigenvalue weighted by Gasteiger charge is 2.16. The molecule has 0 aliphatic rings. The molecular weight excluding hydrogens is 236 g/mol. The summed E-state index contributed by atoms with van der Waals surface area (Å²) in [6.45, 7) is 2.28. The van der Waals surface area contributed by atoms with Crippen molar-refractivity contribution in [2.75, 3.05) is 38.4 Å². The molecule has 1 amide bonds. The number of nitrogens with one attached hydrogen (secondary N) is 1. The van der Waals surface area contributed by atoms with E-state index in [0.29, 0.717) is 12.5 Å². The van der Waals surface area contributed by atoms with Crippen molar-refractivity contribution in [1.29, 1.82) is 0 Å². The van der Waals surface area contributed by atoms with Crippen LogP contribution in [0.15, 0.2) is 0 Å². The number of ether oxygens (including phenoxy) is 1. The molecule has 18 heavy (non-hydrogen) atoms. The molecule has 1 rings (SSSR count). The average molecular weight is 254 g/mol. The van der Waals surface area contributed by atoms with E-state index >= 15 is 0 Å². The Labute approximate surface area is 106 Å². The Morgan fingerprint density at radius 2 is 2.17 bits per heavy atom. The smallest absolute Gasteiger partial charge is 0.322 e. The molecule has 1 aromatic rings. The second-order valence-electron chi connectivity index (χ2n) is 3.88. The summed E-state index contributed by atoms with van der Waals surface area (Å²) in [5, 5.41) is 2.59. The molecule has 8 nitrogen and oxygen atoms in total. The highest BCUT2D eigenvalue weighted by molar-refractivity contribution is 5.78. The van der Waals surface area contributed by atoms with Gasteiger partial charge >= 0.3 is 6.01 Å². The summed E-state index contributed by atoms with van der Waals surface area (Å²) in [5.74, 6) is 0.214. The van der Waals surface area contributed by atoms with Gasteiger partial charge in [-0.15, -0.1) is 0 Å². The van der Waals surface area contributed by atoms with E-state index in [1.54, 1.807) is 19.0 Å². The van der Waals surface area contributed by atoms with Gasteiger partial charge in [0.05, 0.1) is 13.0 Å². The van der Waals surface area contributed by atoms with Crippen LogP contribution in [0.3, 0.4) is 0 Å². The molecule has 0 bridgehead atoms. The van der Waals surface area contributed by atoms with Crippen LogP contribution in [-0.4, -0.2) is 48.6 Å². The molecule has 0 aliphatic carbocycles. The molecule has 0 radical (unpaired) electrons. The molecule has 0 aromatic carbocycles. The number of nitrogen functional groups attached to an aromatic ring is 1. The number of methoxy groups -OCH3 is 1. The van der Waals surface area contributed by atoms with Crippen LogP contribution in [-0.2, 0) is 4.79 Å². The maximum Gasteiger partial charge on any atom is 0.322 e. The fourth-order valence-electron chi connectivity index (χ4n) is 1.44. The normalized spacial score (nSPS) is 11.8. The third-order valence-electron chi connectivity index (χ3n) is 2.39. The second kappa shape index (κ2) is 5.99. The Bertz CT molecular complexity index is 425. The van der Waals surface area contributed by atoms with Crippen molar-refractivity contribution in [1.82, 2.24) is 20.3 Å². The molecule has 1 heterocycles. The summed E-state index contributed by atoms with van der Waals surface area (Å²) in [6.07, 6.45) is 0. The lowest BCUT2D eigenvalue weighted by Gasteiger charge is -2.20. The van der Waals surface area contributed by atoms with Crippen molar-refractivity contribution in [3.63, 3.8) is 0 Å². The third kappa shape index (κ3) is 3.44. The Kier molecular flexibility index (Phi) is 4.64. The van der Waals surface area contributed by atoms with Crippen LogP contribution in [0.5, 0.6) is 6.01 Å². The van der Waals surface area contributed by atoms with E-state index in [1.807, 2.05) is 6.92 Å². The summed E-state index contributed by atoms with van der Waals surface area (Å²) < 4.78 is 4.91. The number of carbonyl (C=O) groups excluding carboxylic acids is 1. The zero-order valence-corrected chi connectivity index (χ0v) is 11.0. The van der Waals surface area contributed by atoms with Crippen molar-refractivity contribution in [2.24, 2.45) is 5.92 Å². The molecule has 0 saturated carbocycles. The summed E-state index contributed by atoms with van der Waals surface area (Å²) in [4.78, 5) is 25.0. The SMILES string of the molecule is CNC(=O)C(C)CN(C)c1nc(N)nc(OC)n1. The second-order valence-corrected chi connectivity index (χ2v) is 3.88. The van der Waals surface area contributed by atoms with Gasteiger partial charge in [0.1, 0.15) is 0 Å². The number of aromatic nitrogens is 3. The van der Waals surface area contributed by atoms with Crippen LogP contribution < -0.4 is 20.7 Å². The predicted octanol–water partition coefficient (Wildman–Crippen LogP) is -0.719. The molecule has 1 atom stereocenters. The minimum atomic E-state index is -0.191. The van der Waals surface area contributed by atoms with Crippen molar-refractivity contribution in [2.45, 2.75) is 6.92 Å². The molecule has 0 aliphatic heterocycles. The van der Waals surface area contributed by atoms with E-state index in [0.717, 1.165) is 0 Å². The molecule has 0 fully saturated rings. The Morgan fingerprint density at radius 3 is 2.72 bits per heavy atom. The van der Waals surface area contributed by atoms with Crippen LogP contribution >= 0.6 is 0 Å². The number of hydrogen-bond acceptors (Lipinski definition) is 7. The number of nitrogens with zero attached hydrogens (tertiary/aromatic N) is 4. The Morgan fingerprint density at radius 1 is 1.50 bits per heavy atom. The largest absolute Gasteiger partial charge is 0.467 e. The first-order chi connectivity index (χ1) is 8.47. The standard InChI is InChI=1S/C10H18N6O2/c1-6(7(17)12-2)5-16(3)9-13-8(11)14-10(15-9)18-4/h6H,5H2,1-4H3,(H,12,17)(H2,11,13,14,15). The zero-order valence-electron chi connectivity index (χ0n) is 11.0. The van der Waals surface area contributed by atoms with Gasteiger partial charge < -0.3 is 20.7 Å². The van der Waals surface area contributed by atoms with Crippen molar-refractivity contribution >= 4 is 17.8 Å². The first-order valence-electron chi connectivity index (χ1n) is 5.46. The van der Waals surface area contributed by atoms with Crippen LogP contribution in [0.25, 0.3) is 0 Å². The number of hydrogen-bond donors (Lipinski definition) is 2. The summed E-state index contributed by atoms with van der Waals surface area (Å²) in [5.41, 5.74) is 5.54. The average Bonchev–Trinajstić information content (AvgIpc) is 2.36. The molecule has 1 aromatic heterocycles. The molecule has 100 valence electrons. The maximum absolute atomic E-state index is 11.4. The lowest BCUT2D eigenvalue weighted by atomic mass is 10.1. The highest BCUT2D eigenvalue weighted by Crippen LogP contribution is 2.13. The van der Waals surface area contributed by atoms with Crippen molar-refractivity contribution in [3.8, 4) is 6.01 Å². The van der Waals surface area contributed by atoms with Gasteiger partial charge in [-0.1, -0.05) is 6.92 Å². The van der Waals surface area contributed by atoms with Crippen LogP contribution in [0.1, 0.15) is 6.92 Å². The van der Waals surface area contributed by atoms with Crippen molar-refractivity contribution in [3.05, 3.63) is 0 Å². The summed E-state index contributed by atoms with van der Waals surface area (Å²) in [7, 11) is 4.82. The number of nitrogens with two attached hydrogens (primary N) is 1. The van der Waals surface area contributed by atoms with E-state index in [2.05, 4.69) is 20.3 Å². The molecule has 3 N–H and O–H groups in total. The predicted molar refractivity (Wildman–Crippen MR) is 67.3 cm³/mol. The van der Waals surface area contributed by atoms with E-state index in [1.165, 1.54) is 7.11 Å². The number of amides is 1. The monoisotopic (exact) mass is 254 g/mol. The van der Waals surface area contributed by atoms with Crippen LogP contribution in [0.2, 0.25) is 0 Å². The molecule has 8 heteroatoms. The topological polar surface area (TPSA) is 106 Å². The van der Waals surface area contributed by atoms with Gasteiger partial charge in [-0.25, -0.2) is 0 Å². The van der Waals surface area contributed by atoms with E-state index < -0.39 is 0 Å². The van der Waals surface area contributed by atoms with Crippen molar-refractivity contribution < 1.29 is 9.53 Å². The van der Waals surface area contributed by atoms with Crippen LogP contribution in [0.4, 0.5) is 11.9 Å². The van der Waals surface area contributed by atoms with E-state index in [9.17, 15) is 4.79 Å². The van der Waals surface area contributed by atoms with Gasteiger partial charge in [-0.2, -0.15) is 15.0 Å². The first-order valence-corrected chi connectivity index (χ1v) is 5.46. The van der Waals surface area contributed by atoms with Gasteiger partial charge in [-0.3, -0.25) is 4.79 Å². The van der Waals surface area contributed by atoms with Gasteiger partial charge in [0, 0.05) is 20.6 Å². The van der Waals surface area contributed by atoms with Gasteiger partial charge in [0.15, 0.2) is 0 Å². The Hall–Kier alpha value is -2.12. The molecule has 0 spiro atoms. The zero-order chi connectivity index (χ0) is 13.7. The Balaban J connectivity index is 2.80. The third-order valence-corrected chi connectivity index (χ3v) is 2.39. The fourth-order valence-corrected chi connectivity index (χ4v) is 1.44. The first kappa shape index (κ1) is 13.9. The lowest BCUT2D eigenvalue weighted by Crippen LogP contribution is -2.35. The van der Waals surface area contributed by atoms with Crippen LogP contribution in [0, 0.1) is 5.92 Å². The maximum atomic E-state index is 11.4. The van der Waals surface area contributed by atoms with Gasteiger partial charge in [0.25, 0.3) is 0 Å². The quantitative estimate of drug-likeness (QED) is 0.714. The van der Waals surface area contributed by atoms with Gasteiger partial charge in [0.2, 0.25) is 17.8 Å². The molecule has 1 unspecified atom stereocenters. The van der Waals surface area contributed by atoms with E-state index in [-0.39, 0.29) is 23.8 Å². The number of anilines is 2. The number of rotatable bonds is 5. The minimum Gasteiger partial charge on any atom is -0.467 e. The summed E-state index contributed by atoms with van der Waals surface area (Å²) in [6, 6.07) is 0.150. The van der Waals surface area contributed by atoms with Gasteiger partial charge in [-0.05, 0) is 0 Å².